The number of rotatable bonds is 5. The van der Waals surface area contributed by atoms with Gasteiger partial charge in [0.15, 0.2) is 0 Å². The zero-order chi connectivity index (χ0) is 16.1. The molecular formula is C15H21N3O4. The van der Waals surface area contributed by atoms with Gasteiger partial charge >= 0.3 is 0 Å². The summed E-state index contributed by atoms with van der Waals surface area (Å²) in [6, 6.07) is 6.08. The average molecular weight is 307 g/mol. The Bertz CT molecular complexity index is 541. The van der Waals surface area contributed by atoms with Crippen LogP contribution in [0.4, 0.5) is 5.69 Å². The summed E-state index contributed by atoms with van der Waals surface area (Å²) in [6.07, 6.45) is -0.260. The largest absolute Gasteiger partial charge is 0.387 e. The number of carbonyl (C=O) groups is 1. The molecule has 0 saturated carbocycles. The van der Waals surface area contributed by atoms with Crippen molar-refractivity contribution in [2.75, 3.05) is 32.7 Å². The van der Waals surface area contributed by atoms with E-state index < -0.39 is 11.0 Å². The highest BCUT2D eigenvalue weighted by molar-refractivity contribution is 5.75. The number of carbonyl (C=O) groups excluding carboxylic acids is 1. The third-order valence-electron chi connectivity index (χ3n) is 3.92. The van der Waals surface area contributed by atoms with Crippen LogP contribution in [0.1, 0.15) is 25.0 Å². The molecule has 7 nitrogen and oxygen atoms in total. The SMILES string of the molecule is CCC(=O)N1CCN(C[C@H](O)c2cccc([N+](=O)[O-])c2)CC1. The molecule has 1 saturated heterocycles. The van der Waals surface area contributed by atoms with E-state index in [1.807, 2.05) is 11.8 Å². The van der Waals surface area contributed by atoms with Gasteiger partial charge in [-0.3, -0.25) is 19.8 Å². The van der Waals surface area contributed by atoms with E-state index in [-0.39, 0.29) is 11.6 Å². The van der Waals surface area contributed by atoms with Crippen molar-refractivity contribution in [3.05, 3.63) is 39.9 Å². The molecule has 0 bridgehead atoms. The molecule has 0 radical (unpaired) electrons. The van der Waals surface area contributed by atoms with E-state index in [9.17, 15) is 20.0 Å². The first-order valence-electron chi connectivity index (χ1n) is 7.43. The first kappa shape index (κ1) is 16.4. The van der Waals surface area contributed by atoms with Gasteiger partial charge in [-0.2, -0.15) is 0 Å². The maximum Gasteiger partial charge on any atom is 0.269 e. The third kappa shape index (κ3) is 4.02. The lowest BCUT2D eigenvalue weighted by atomic mass is 10.1. The Morgan fingerprint density at radius 2 is 2.05 bits per heavy atom. The highest BCUT2D eigenvalue weighted by atomic mass is 16.6. The van der Waals surface area contributed by atoms with E-state index in [4.69, 9.17) is 0 Å². The maximum absolute atomic E-state index is 11.6. The molecule has 1 aromatic rings. The van der Waals surface area contributed by atoms with Gasteiger partial charge in [0.25, 0.3) is 5.69 Å². The molecule has 0 aliphatic carbocycles. The van der Waals surface area contributed by atoms with Crippen LogP contribution in [0.3, 0.4) is 0 Å². The van der Waals surface area contributed by atoms with Crippen molar-refractivity contribution in [2.45, 2.75) is 19.4 Å². The summed E-state index contributed by atoms with van der Waals surface area (Å²) in [7, 11) is 0. The van der Waals surface area contributed by atoms with Gasteiger partial charge in [0.2, 0.25) is 5.91 Å². The molecule has 7 heteroatoms. The van der Waals surface area contributed by atoms with Gasteiger partial charge in [-0.25, -0.2) is 0 Å². The zero-order valence-electron chi connectivity index (χ0n) is 12.6. The minimum absolute atomic E-state index is 0.0186. The number of nitrogens with zero attached hydrogens (tertiary/aromatic N) is 3. The summed E-state index contributed by atoms with van der Waals surface area (Å²) < 4.78 is 0. The monoisotopic (exact) mass is 307 g/mol. The lowest BCUT2D eigenvalue weighted by Gasteiger charge is -2.35. The predicted octanol–water partition coefficient (Wildman–Crippen LogP) is 1.18. The van der Waals surface area contributed by atoms with E-state index in [0.717, 1.165) is 0 Å². The van der Waals surface area contributed by atoms with Crippen molar-refractivity contribution in [2.24, 2.45) is 0 Å². The number of benzene rings is 1. The number of non-ortho nitro benzene ring substituents is 1. The van der Waals surface area contributed by atoms with E-state index >= 15 is 0 Å². The molecule has 1 heterocycles. The molecule has 1 N–H and O–H groups in total. The van der Waals surface area contributed by atoms with E-state index in [0.29, 0.717) is 44.7 Å². The molecule has 0 unspecified atom stereocenters. The van der Waals surface area contributed by atoms with Crippen LogP contribution in [0.2, 0.25) is 0 Å². The summed E-state index contributed by atoms with van der Waals surface area (Å²) in [4.78, 5) is 25.8. The Hall–Kier alpha value is -1.99. The molecule has 1 amide bonds. The number of nitro groups is 1. The van der Waals surface area contributed by atoms with Crippen molar-refractivity contribution in [1.29, 1.82) is 0 Å². The molecule has 0 aromatic heterocycles. The number of β-amino-alcohol motifs (C(OH)–C–C–N with tert-alkyl or cyclic N) is 1. The molecule has 1 aromatic carbocycles. The second-order valence-corrected chi connectivity index (χ2v) is 5.40. The summed E-state index contributed by atoms with van der Waals surface area (Å²) in [6.45, 7) is 4.99. The number of hydrogen-bond acceptors (Lipinski definition) is 5. The van der Waals surface area contributed by atoms with E-state index in [2.05, 4.69) is 4.90 Å². The molecule has 0 spiro atoms. The Balaban J connectivity index is 1.90. The predicted molar refractivity (Wildman–Crippen MR) is 81.4 cm³/mol. The van der Waals surface area contributed by atoms with Crippen molar-refractivity contribution >= 4 is 11.6 Å². The van der Waals surface area contributed by atoms with Gasteiger partial charge < -0.3 is 10.0 Å². The highest BCUT2D eigenvalue weighted by Gasteiger charge is 2.22. The summed E-state index contributed by atoms with van der Waals surface area (Å²) >= 11 is 0. The van der Waals surface area contributed by atoms with Gasteiger partial charge in [0.1, 0.15) is 0 Å². The minimum atomic E-state index is -0.770. The van der Waals surface area contributed by atoms with Crippen molar-refractivity contribution in [1.82, 2.24) is 9.80 Å². The van der Waals surface area contributed by atoms with Crippen LogP contribution >= 0.6 is 0 Å². The number of nitro benzene ring substituents is 1. The Labute approximate surface area is 129 Å². The Morgan fingerprint density at radius 3 is 2.64 bits per heavy atom. The number of aliphatic hydroxyl groups excluding tert-OH is 1. The van der Waals surface area contributed by atoms with Crippen LogP contribution in [-0.4, -0.2) is 58.5 Å². The van der Waals surface area contributed by atoms with E-state index in [1.54, 1.807) is 12.1 Å². The van der Waals surface area contributed by atoms with Crippen LogP contribution in [0.15, 0.2) is 24.3 Å². The quantitative estimate of drug-likeness (QED) is 0.652. The van der Waals surface area contributed by atoms with Gasteiger partial charge in [-0.15, -0.1) is 0 Å². The molecule has 2 rings (SSSR count). The van der Waals surface area contributed by atoms with Gasteiger partial charge in [0.05, 0.1) is 11.0 Å². The summed E-state index contributed by atoms with van der Waals surface area (Å²) in [5, 5.41) is 21.0. The van der Waals surface area contributed by atoms with Crippen molar-refractivity contribution < 1.29 is 14.8 Å². The first-order chi connectivity index (χ1) is 10.5. The number of hydrogen-bond donors (Lipinski definition) is 1. The van der Waals surface area contributed by atoms with Crippen molar-refractivity contribution in [3.8, 4) is 0 Å². The second kappa shape index (κ2) is 7.33. The van der Waals surface area contributed by atoms with Crippen LogP contribution in [-0.2, 0) is 4.79 Å². The van der Waals surface area contributed by atoms with E-state index in [1.165, 1.54) is 12.1 Å². The third-order valence-corrected chi connectivity index (χ3v) is 3.92. The van der Waals surface area contributed by atoms with Crippen LogP contribution in [0.25, 0.3) is 0 Å². The number of piperazine rings is 1. The summed E-state index contributed by atoms with van der Waals surface area (Å²) in [5.41, 5.74) is 0.524. The fourth-order valence-electron chi connectivity index (χ4n) is 2.60. The average Bonchev–Trinajstić information content (AvgIpc) is 2.54. The lowest BCUT2D eigenvalue weighted by molar-refractivity contribution is -0.385. The second-order valence-electron chi connectivity index (χ2n) is 5.40. The maximum atomic E-state index is 11.6. The molecule has 22 heavy (non-hydrogen) atoms. The molecule has 1 aliphatic rings. The summed E-state index contributed by atoms with van der Waals surface area (Å²) in [5.74, 6) is 0.152. The molecular weight excluding hydrogens is 286 g/mol. The topological polar surface area (TPSA) is 86.9 Å². The molecule has 1 fully saturated rings. The normalized spacial score (nSPS) is 17.3. The molecule has 1 atom stereocenters. The highest BCUT2D eigenvalue weighted by Crippen LogP contribution is 2.20. The fraction of sp³-hybridized carbons (Fsp3) is 0.533. The molecule has 120 valence electrons. The van der Waals surface area contributed by atoms with Crippen molar-refractivity contribution in [3.63, 3.8) is 0 Å². The zero-order valence-corrected chi connectivity index (χ0v) is 12.6. The molecule has 1 aliphatic heterocycles. The smallest absolute Gasteiger partial charge is 0.269 e. The Morgan fingerprint density at radius 1 is 1.36 bits per heavy atom. The van der Waals surface area contributed by atoms with Crippen LogP contribution in [0.5, 0.6) is 0 Å². The fourth-order valence-corrected chi connectivity index (χ4v) is 2.60. The van der Waals surface area contributed by atoms with Gasteiger partial charge in [-0.1, -0.05) is 19.1 Å². The van der Waals surface area contributed by atoms with Crippen LogP contribution in [0, 0.1) is 10.1 Å². The lowest BCUT2D eigenvalue weighted by Crippen LogP contribution is -2.49. The Kier molecular flexibility index (Phi) is 5.46. The van der Waals surface area contributed by atoms with Crippen LogP contribution < -0.4 is 0 Å². The first-order valence-corrected chi connectivity index (χ1v) is 7.43. The number of aliphatic hydroxyl groups is 1. The standard InChI is InChI=1S/C15H21N3O4/c1-2-15(20)17-8-6-16(7-9-17)11-14(19)12-4-3-5-13(10-12)18(21)22/h3-5,10,14,19H,2,6-9,11H2,1H3/t14-/m0/s1. The number of amides is 1. The van der Waals surface area contributed by atoms with Gasteiger partial charge in [-0.05, 0) is 5.56 Å². The van der Waals surface area contributed by atoms with Gasteiger partial charge in [0, 0.05) is 51.3 Å². The minimum Gasteiger partial charge on any atom is -0.387 e.